The van der Waals surface area contributed by atoms with E-state index in [1.165, 1.54) is 0 Å². The summed E-state index contributed by atoms with van der Waals surface area (Å²) in [4.78, 5) is 2.14. The van der Waals surface area contributed by atoms with Crippen molar-refractivity contribution in [3.8, 4) is 0 Å². The fraction of sp³-hybridized carbons (Fsp3) is 1.00. The van der Waals surface area contributed by atoms with Crippen LogP contribution in [0.5, 0.6) is 0 Å². The second-order valence-corrected chi connectivity index (χ2v) is 4.95. The number of nitrogens with one attached hydrogen (secondary N) is 1. The molecule has 1 atom stereocenters. The van der Waals surface area contributed by atoms with Gasteiger partial charge in [0.2, 0.25) is 0 Å². The van der Waals surface area contributed by atoms with Gasteiger partial charge in [-0.3, -0.25) is 0 Å². The molecule has 2 rings (SSSR count). The van der Waals surface area contributed by atoms with Gasteiger partial charge in [-0.15, -0.1) is 0 Å². The van der Waals surface area contributed by atoms with Crippen LogP contribution in [0.2, 0.25) is 0 Å². The zero-order valence-electron chi connectivity index (χ0n) is 8.82. The maximum Gasteiger partial charge on any atom is 0.258 e. The lowest BCUT2D eigenvalue weighted by Gasteiger charge is -2.27. The van der Waals surface area contributed by atoms with Crippen molar-refractivity contribution < 1.29 is 8.78 Å². The van der Waals surface area contributed by atoms with Gasteiger partial charge in [0.15, 0.2) is 0 Å². The number of rotatable bonds is 2. The second-order valence-electron chi connectivity index (χ2n) is 4.95. The van der Waals surface area contributed by atoms with Crippen molar-refractivity contribution in [1.29, 1.82) is 0 Å². The van der Waals surface area contributed by atoms with Crippen LogP contribution < -0.4 is 5.32 Å². The van der Waals surface area contributed by atoms with E-state index in [1.807, 2.05) is 0 Å². The van der Waals surface area contributed by atoms with Gasteiger partial charge in [0, 0.05) is 44.1 Å². The van der Waals surface area contributed by atoms with Crippen molar-refractivity contribution >= 4 is 0 Å². The summed E-state index contributed by atoms with van der Waals surface area (Å²) >= 11 is 0. The molecule has 2 aliphatic rings. The molecule has 4 heteroatoms. The lowest BCUT2D eigenvalue weighted by atomic mass is 10.1. The standard InChI is InChI=1S/C10H18F2N2/c1-9(2)8(10(9,11)12)7-14-5-3-13-4-6-14/h8,13H,3-7H2,1-2H3. The first-order valence-corrected chi connectivity index (χ1v) is 5.27. The predicted molar refractivity (Wildman–Crippen MR) is 51.5 cm³/mol. The Morgan fingerprint density at radius 1 is 1.29 bits per heavy atom. The Labute approximate surface area is 83.7 Å². The number of halogens is 2. The van der Waals surface area contributed by atoms with Gasteiger partial charge in [-0.2, -0.15) is 0 Å². The van der Waals surface area contributed by atoms with Crippen molar-refractivity contribution in [1.82, 2.24) is 10.2 Å². The lowest BCUT2D eigenvalue weighted by molar-refractivity contribution is 0.0610. The van der Waals surface area contributed by atoms with Crippen LogP contribution in [-0.2, 0) is 0 Å². The molecule has 0 radical (unpaired) electrons. The molecule has 2 fully saturated rings. The lowest BCUT2D eigenvalue weighted by Crippen LogP contribution is -2.44. The van der Waals surface area contributed by atoms with Crippen LogP contribution in [0.3, 0.4) is 0 Å². The molecule has 1 saturated carbocycles. The van der Waals surface area contributed by atoms with Gasteiger partial charge < -0.3 is 10.2 Å². The highest BCUT2D eigenvalue weighted by Gasteiger charge is 2.74. The Morgan fingerprint density at radius 3 is 2.21 bits per heavy atom. The summed E-state index contributed by atoms with van der Waals surface area (Å²) in [6, 6.07) is 0. The van der Waals surface area contributed by atoms with E-state index in [-0.39, 0.29) is 0 Å². The van der Waals surface area contributed by atoms with Crippen molar-refractivity contribution in [3.63, 3.8) is 0 Å². The minimum absolute atomic E-state index is 0.437. The van der Waals surface area contributed by atoms with Gasteiger partial charge in [0.05, 0.1) is 0 Å². The molecular formula is C10H18F2N2. The Kier molecular flexibility index (Phi) is 2.31. The molecule has 0 bridgehead atoms. The first-order chi connectivity index (χ1) is 6.46. The third-order valence-electron chi connectivity index (χ3n) is 3.73. The van der Waals surface area contributed by atoms with E-state index in [9.17, 15) is 8.78 Å². The van der Waals surface area contributed by atoms with Crippen LogP contribution in [0.1, 0.15) is 13.8 Å². The molecule has 0 spiro atoms. The summed E-state index contributed by atoms with van der Waals surface area (Å²) in [6.07, 6.45) is 0. The van der Waals surface area contributed by atoms with E-state index in [0.29, 0.717) is 6.54 Å². The summed E-state index contributed by atoms with van der Waals surface area (Å²) in [7, 11) is 0. The van der Waals surface area contributed by atoms with Gasteiger partial charge in [0.25, 0.3) is 5.92 Å². The fourth-order valence-corrected chi connectivity index (χ4v) is 2.25. The molecule has 14 heavy (non-hydrogen) atoms. The van der Waals surface area contributed by atoms with Gasteiger partial charge in [-0.25, -0.2) is 8.78 Å². The molecule has 0 aromatic heterocycles. The predicted octanol–water partition coefficient (Wildman–Crippen LogP) is 1.18. The maximum atomic E-state index is 13.3. The number of hydrogen-bond donors (Lipinski definition) is 1. The minimum Gasteiger partial charge on any atom is -0.314 e. The highest BCUT2D eigenvalue weighted by Crippen LogP contribution is 2.65. The average Bonchev–Trinajstić information content (AvgIpc) is 2.50. The molecule has 82 valence electrons. The first-order valence-electron chi connectivity index (χ1n) is 5.27. The Hall–Kier alpha value is -0.220. The molecule has 0 aromatic carbocycles. The van der Waals surface area contributed by atoms with E-state index in [1.54, 1.807) is 13.8 Å². The zero-order chi connectivity index (χ0) is 10.4. The maximum absolute atomic E-state index is 13.3. The largest absolute Gasteiger partial charge is 0.314 e. The van der Waals surface area contributed by atoms with E-state index in [4.69, 9.17) is 0 Å². The molecule has 1 unspecified atom stereocenters. The number of hydrogen-bond acceptors (Lipinski definition) is 2. The van der Waals surface area contributed by atoms with E-state index in [0.717, 1.165) is 26.2 Å². The van der Waals surface area contributed by atoms with E-state index >= 15 is 0 Å². The molecule has 2 nitrogen and oxygen atoms in total. The smallest absolute Gasteiger partial charge is 0.258 e. The van der Waals surface area contributed by atoms with Crippen LogP contribution in [0.15, 0.2) is 0 Å². The molecule has 1 aliphatic carbocycles. The fourth-order valence-electron chi connectivity index (χ4n) is 2.25. The molecule has 1 aliphatic heterocycles. The van der Waals surface area contributed by atoms with Crippen LogP contribution in [0, 0.1) is 11.3 Å². The second kappa shape index (κ2) is 3.14. The highest BCUT2D eigenvalue weighted by atomic mass is 19.3. The Bertz CT molecular complexity index is 208. The Morgan fingerprint density at radius 2 is 1.79 bits per heavy atom. The average molecular weight is 204 g/mol. The molecular weight excluding hydrogens is 186 g/mol. The molecule has 1 heterocycles. The third kappa shape index (κ3) is 1.44. The molecule has 0 aromatic rings. The molecule has 1 N–H and O–H groups in total. The quantitative estimate of drug-likeness (QED) is 0.726. The Balaban J connectivity index is 1.87. The van der Waals surface area contributed by atoms with Crippen LogP contribution in [0.4, 0.5) is 8.78 Å². The first kappa shape index (κ1) is 10.3. The van der Waals surface area contributed by atoms with Crippen LogP contribution in [-0.4, -0.2) is 43.5 Å². The van der Waals surface area contributed by atoms with Gasteiger partial charge >= 0.3 is 0 Å². The number of nitrogens with zero attached hydrogens (tertiary/aromatic N) is 1. The number of alkyl halides is 2. The topological polar surface area (TPSA) is 15.3 Å². The third-order valence-corrected chi connectivity index (χ3v) is 3.73. The van der Waals surface area contributed by atoms with Crippen molar-refractivity contribution in [2.75, 3.05) is 32.7 Å². The molecule has 0 amide bonds. The van der Waals surface area contributed by atoms with Crippen molar-refractivity contribution in [2.45, 2.75) is 19.8 Å². The monoisotopic (exact) mass is 204 g/mol. The van der Waals surface area contributed by atoms with Gasteiger partial charge in [-0.05, 0) is 0 Å². The summed E-state index contributed by atoms with van der Waals surface area (Å²) in [6.45, 7) is 7.56. The minimum atomic E-state index is -2.45. The zero-order valence-corrected chi connectivity index (χ0v) is 8.82. The summed E-state index contributed by atoms with van der Waals surface area (Å²) in [5.41, 5.74) is -0.780. The van der Waals surface area contributed by atoms with Gasteiger partial charge in [0.1, 0.15) is 0 Å². The van der Waals surface area contributed by atoms with E-state index < -0.39 is 17.3 Å². The SMILES string of the molecule is CC1(C)C(CN2CCNCC2)C1(F)F. The van der Waals surface area contributed by atoms with Gasteiger partial charge in [-0.1, -0.05) is 13.8 Å². The van der Waals surface area contributed by atoms with Crippen LogP contribution in [0.25, 0.3) is 0 Å². The van der Waals surface area contributed by atoms with Crippen molar-refractivity contribution in [3.05, 3.63) is 0 Å². The summed E-state index contributed by atoms with van der Waals surface area (Å²) < 4.78 is 26.6. The summed E-state index contributed by atoms with van der Waals surface area (Å²) in [5, 5.41) is 3.22. The van der Waals surface area contributed by atoms with Crippen LogP contribution >= 0.6 is 0 Å². The molecule has 1 saturated heterocycles. The normalized spacial score (nSPS) is 35.6. The summed E-state index contributed by atoms with van der Waals surface area (Å²) in [5.74, 6) is -2.88. The highest BCUT2D eigenvalue weighted by molar-refractivity contribution is 5.13. The van der Waals surface area contributed by atoms with Crippen molar-refractivity contribution in [2.24, 2.45) is 11.3 Å². The van der Waals surface area contributed by atoms with E-state index in [2.05, 4.69) is 10.2 Å². The number of piperazine rings is 1.